The molecule has 2 aromatic carbocycles. The van der Waals surface area contributed by atoms with E-state index in [-0.39, 0.29) is 12.1 Å². The molecule has 1 aliphatic rings. The molecule has 1 atom stereocenters. The number of halogens is 1. The number of likely N-dealkylation sites (tertiary alicyclic amines) is 1. The van der Waals surface area contributed by atoms with E-state index in [9.17, 15) is 4.79 Å². The Morgan fingerprint density at radius 3 is 2.63 bits per heavy atom. The molecule has 0 aliphatic carbocycles. The fourth-order valence-electron chi connectivity index (χ4n) is 3.82. The van der Waals surface area contributed by atoms with Crippen molar-refractivity contribution in [3.05, 3.63) is 53.6 Å². The number of nitrogens with one attached hydrogen (secondary N) is 1. The molecule has 0 radical (unpaired) electrons. The van der Waals surface area contributed by atoms with Gasteiger partial charge in [0.15, 0.2) is 0 Å². The number of rotatable bonds is 3. The predicted molar refractivity (Wildman–Crippen MR) is 121 cm³/mol. The van der Waals surface area contributed by atoms with E-state index in [1.54, 1.807) is 4.90 Å². The van der Waals surface area contributed by atoms with Crippen LogP contribution in [-0.2, 0) is 4.74 Å². The minimum Gasteiger partial charge on any atom is -0.444 e. The van der Waals surface area contributed by atoms with Crippen molar-refractivity contribution in [1.29, 1.82) is 0 Å². The number of carbonyl (C=O) groups is 1. The van der Waals surface area contributed by atoms with E-state index in [1.165, 1.54) is 0 Å². The Morgan fingerprint density at radius 2 is 1.90 bits per heavy atom. The number of anilines is 2. The van der Waals surface area contributed by atoms with E-state index >= 15 is 0 Å². The summed E-state index contributed by atoms with van der Waals surface area (Å²) in [7, 11) is 0. The van der Waals surface area contributed by atoms with Gasteiger partial charge in [-0.15, -0.1) is 0 Å². The van der Waals surface area contributed by atoms with Crippen molar-refractivity contribution in [3.8, 4) is 0 Å². The summed E-state index contributed by atoms with van der Waals surface area (Å²) in [6.45, 7) is 6.97. The van der Waals surface area contributed by atoms with Crippen molar-refractivity contribution in [1.82, 2.24) is 14.5 Å². The molecule has 1 aliphatic heterocycles. The number of amides is 1. The van der Waals surface area contributed by atoms with Crippen molar-refractivity contribution in [2.75, 3.05) is 18.4 Å². The first-order valence-electron chi connectivity index (χ1n) is 10.3. The fourth-order valence-corrected chi connectivity index (χ4v) is 3.95. The lowest BCUT2D eigenvalue weighted by atomic mass is 10.1. The minimum atomic E-state index is -0.507. The lowest BCUT2D eigenvalue weighted by molar-refractivity contribution is 0.0175. The van der Waals surface area contributed by atoms with Gasteiger partial charge in [-0.1, -0.05) is 23.7 Å². The topological polar surface area (TPSA) is 59.4 Å². The molecule has 1 fully saturated rings. The normalized spacial score (nSPS) is 17.2. The number of benzene rings is 2. The smallest absolute Gasteiger partial charge is 0.410 e. The molecule has 30 heavy (non-hydrogen) atoms. The fraction of sp³-hybridized carbons (Fsp3) is 0.391. The summed E-state index contributed by atoms with van der Waals surface area (Å²) in [5.74, 6) is 0.759. The highest BCUT2D eigenvalue weighted by molar-refractivity contribution is 6.30. The first kappa shape index (κ1) is 20.5. The number of fused-ring (bicyclic) bond motifs is 1. The standard InChI is InChI=1S/C23H27ClN4O2/c1-23(2,3)30-22(29)27-14-6-7-18(15-27)28-20-9-5-4-8-19(20)26-21(28)25-17-12-10-16(24)11-13-17/h4-5,8-13,18H,6-7,14-15H2,1-3H3,(H,25,26). The Morgan fingerprint density at radius 1 is 1.17 bits per heavy atom. The van der Waals surface area contributed by atoms with E-state index in [1.807, 2.05) is 63.2 Å². The molecule has 0 bridgehead atoms. The SMILES string of the molecule is CC(C)(C)OC(=O)N1CCCC(n2c(Nc3ccc(Cl)cc3)nc3ccccc32)C1. The summed E-state index contributed by atoms with van der Waals surface area (Å²) >= 11 is 6.03. The third-order valence-corrected chi connectivity index (χ3v) is 5.36. The van der Waals surface area contributed by atoms with Crippen molar-refractivity contribution < 1.29 is 9.53 Å². The maximum atomic E-state index is 12.7. The first-order valence-corrected chi connectivity index (χ1v) is 10.7. The van der Waals surface area contributed by atoms with E-state index in [0.717, 1.165) is 35.5 Å². The van der Waals surface area contributed by atoms with Crippen molar-refractivity contribution in [2.45, 2.75) is 45.3 Å². The first-order chi connectivity index (χ1) is 14.3. The average Bonchev–Trinajstić information content (AvgIpc) is 3.06. The monoisotopic (exact) mass is 426 g/mol. The molecular weight excluding hydrogens is 400 g/mol. The predicted octanol–water partition coefficient (Wildman–Crippen LogP) is 6.01. The van der Waals surface area contributed by atoms with Crippen LogP contribution in [0.5, 0.6) is 0 Å². The zero-order valence-electron chi connectivity index (χ0n) is 17.6. The summed E-state index contributed by atoms with van der Waals surface area (Å²) in [5.41, 5.74) is 2.37. The van der Waals surface area contributed by atoms with Crippen LogP contribution in [0.2, 0.25) is 5.02 Å². The second-order valence-electron chi connectivity index (χ2n) is 8.65. The van der Waals surface area contributed by atoms with Crippen LogP contribution in [0.15, 0.2) is 48.5 Å². The van der Waals surface area contributed by atoms with E-state index < -0.39 is 5.60 Å². The van der Waals surface area contributed by atoms with Gasteiger partial charge in [0.25, 0.3) is 0 Å². The molecule has 0 spiro atoms. The number of ether oxygens (including phenoxy) is 1. The Labute approximate surface area is 181 Å². The van der Waals surface area contributed by atoms with Crippen LogP contribution in [0.25, 0.3) is 11.0 Å². The number of nitrogens with zero attached hydrogens (tertiary/aromatic N) is 3. The number of carbonyl (C=O) groups excluding carboxylic acids is 1. The molecule has 1 amide bonds. The lowest BCUT2D eigenvalue weighted by Crippen LogP contribution is -2.43. The van der Waals surface area contributed by atoms with Gasteiger partial charge in [0, 0.05) is 23.8 Å². The maximum absolute atomic E-state index is 12.7. The van der Waals surface area contributed by atoms with Gasteiger partial charge >= 0.3 is 6.09 Å². The second-order valence-corrected chi connectivity index (χ2v) is 9.08. The summed E-state index contributed by atoms with van der Waals surface area (Å²) in [5, 5.41) is 4.12. The molecule has 4 rings (SSSR count). The number of imidazole rings is 1. The van der Waals surface area contributed by atoms with Crippen LogP contribution in [0, 0.1) is 0 Å². The van der Waals surface area contributed by atoms with Gasteiger partial charge in [0.2, 0.25) is 5.95 Å². The molecule has 158 valence electrons. The van der Waals surface area contributed by atoms with Crippen molar-refractivity contribution in [2.24, 2.45) is 0 Å². The summed E-state index contributed by atoms with van der Waals surface area (Å²) < 4.78 is 7.81. The van der Waals surface area contributed by atoms with Crippen molar-refractivity contribution >= 4 is 40.4 Å². The Kier molecular flexibility index (Phi) is 5.60. The number of aromatic nitrogens is 2. The highest BCUT2D eigenvalue weighted by atomic mass is 35.5. The zero-order chi connectivity index (χ0) is 21.3. The van der Waals surface area contributed by atoms with Gasteiger partial charge < -0.3 is 19.5 Å². The van der Waals surface area contributed by atoms with E-state index in [4.69, 9.17) is 21.3 Å². The molecule has 2 heterocycles. The molecule has 1 saturated heterocycles. The highest BCUT2D eigenvalue weighted by Crippen LogP contribution is 2.32. The summed E-state index contributed by atoms with van der Waals surface area (Å²) in [6.07, 6.45) is 1.62. The van der Waals surface area contributed by atoms with Gasteiger partial charge in [0.05, 0.1) is 17.1 Å². The van der Waals surface area contributed by atoms with Crippen LogP contribution in [-0.4, -0.2) is 39.2 Å². The van der Waals surface area contributed by atoms with Crippen molar-refractivity contribution in [3.63, 3.8) is 0 Å². The third-order valence-electron chi connectivity index (χ3n) is 5.11. The second kappa shape index (κ2) is 8.19. The summed E-state index contributed by atoms with van der Waals surface area (Å²) in [4.78, 5) is 19.3. The van der Waals surface area contributed by atoms with E-state index in [0.29, 0.717) is 18.1 Å². The van der Waals surface area contributed by atoms with Gasteiger partial charge in [-0.05, 0) is 70.0 Å². The third kappa shape index (κ3) is 4.54. The van der Waals surface area contributed by atoms with E-state index in [2.05, 4.69) is 16.0 Å². The average molecular weight is 427 g/mol. The number of piperidine rings is 1. The number of hydrogen-bond donors (Lipinski definition) is 1. The Bertz CT molecular complexity index is 1040. The molecule has 3 aromatic rings. The van der Waals surface area contributed by atoms with Crippen LogP contribution in [0.3, 0.4) is 0 Å². The number of para-hydroxylation sites is 2. The molecule has 1 unspecified atom stereocenters. The highest BCUT2D eigenvalue weighted by Gasteiger charge is 2.30. The van der Waals surface area contributed by atoms with Gasteiger partial charge in [0.1, 0.15) is 5.60 Å². The maximum Gasteiger partial charge on any atom is 0.410 e. The van der Waals surface area contributed by atoms with Crippen LogP contribution < -0.4 is 5.32 Å². The molecule has 6 nitrogen and oxygen atoms in total. The largest absolute Gasteiger partial charge is 0.444 e. The molecule has 1 aromatic heterocycles. The zero-order valence-corrected chi connectivity index (χ0v) is 18.3. The number of hydrogen-bond acceptors (Lipinski definition) is 4. The van der Waals surface area contributed by atoms with Crippen LogP contribution in [0.1, 0.15) is 39.7 Å². The minimum absolute atomic E-state index is 0.105. The molecule has 0 saturated carbocycles. The van der Waals surface area contributed by atoms with Gasteiger partial charge in [-0.25, -0.2) is 9.78 Å². The van der Waals surface area contributed by atoms with Crippen LogP contribution in [0.4, 0.5) is 16.4 Å². The lowest BCUT2D eigenvalue weighted by Gasteiger charge is -2.35. The Balaban J connectivity index is 1.65. The van der Waals surface area contributed by atoms with Crippen LogP contribution >= 0.6 is 11.6 Å². The summed E-state index contributed by atoms with van der Waals surface area (Å²) in [6, 6.07) is 15.7. The Hall–Kier alpha value is -2.73. The molecule has 1 N–H and O–H groups in total. The van der Waals surface area contributed by atoms with Gasteiger partial charge in [-0.2, -0.15) is 0 Å². The molecule has 7 heteroatoms. The van der Waals surface area contributed by atoms with Gasteiger partial charge in [-0.3, -0.25) is 0 Å². The quantitative estimate of drug-likeness (QED) is 0.557. The molecular formula is C23H27ClN4O2.